The molecule has 3 rings (SSSR count). The fraction of sp³-hybridized carbons (Fsp3) is 0.125. The zero-order valence-corrected chi connectivity index (χ0v) is 11.7. The molecule has 0 spiro atoms. The Hall–Kier alpha value is -1.93. The molecule has 0 radical (unpaired) electrons. The Morgan fingerprint density at radius 1 is 1.05 bits per heavy atom. The second-order valence-corrected chi connectivity index (χ2v) is 5.20. The largest absolute Gasteiger partial charge is 0.456 e. The summed E-state index contributed by atoms with van der Waals surface area (Å²) in [5.41, 5.74) is 2.01. The molecule has 1 aliphatic rings. The van der Waals surface area contributed by atoms with E-state index in [0.717, 1.165) is 38.2 Å². The number of hydrogen-bond acceptors (Lipinski definition) is 2. The molecular weight excluding hydrogens is 258 g/mol. The molecule has 0 bridgehead atoms. The summed E-state index contributed by atoms with van der Waals surface area (Å²) in [4.78, 5) is 2.03. The Balaban J connectivity index is 2.26. The minimum absolute atomic E-state index is 0.724. The first kappa shape index (κ1) is 12.1. The highest BCUT2D eigenvalue weighted by atomic mass is 35.5. The van der Waals surface area contributed by atoms with Gasteiger partial charge in [-0.25, -0.2) is 0 Å². The molecule has 3 heteroatoms. The molecule has 0 saturated carbocycles. The summed E-state index contributed by atoms with van der Waals surface area (Å²) in [6.07, 6.45) is 0. The molecule has 2 aromatic rings. The molecule has 0 saturated heterocycles. The van der Waals surface area contributed by atoms with Crippen LogP contribution in [-0.4, -0.2) is 14.1 Å². The maximum absolute atomic E-state index is 6.46. The van der Waals surface area contributed by atoms with Gasteiger partial charge in [0.2, 0.25) is 0 Å². The number of rotatable bonds is 1. The average Bonchev–Trinajstić information content (AvgIpc) is 2.37. The van der Waals surface area contributed by atoms with Gasteiger partial charge >= 0.3 is 0 Å². The SMILES string of the molecule is C=c1ccc2c(c1)Oc1cc(N(C)C)ccc1C=2Cl. The lowest BCUT2D eigenvalue weighted by Crippen LogP contribution is -2.17. The lowest BCUT2D eigenvalue weighted by molar-refractivity contribution is 0.472. The number of nitrogens with zero attached hydrogens (tertiary/aromatic N) is 1. The van der Waals surface area contributed by atoms with E-state index in [1.807, 2.05) is 55.4 Å². The highest BCUT2D eigenvalue weighted by Crippen LogP contribution is 2.36. The molecule has 96 valence electrons. The van der Waals surface area contributed by atoms with Crippen molar-refractivity contribution >= 4 is 28.9 Å². The quantitative estimate of drug-likeness (QED) is 0.791. The van der Waals surface area contributed by atoms with Gasteiger partial charge in [-0.15, -0.1) is 0 Å². The molecule has 0 aliphatic carbocycles. The van der Waals surface area contributed by atoms with Gasteiger partial charge < -0.3 is 9.64 Å². The van der Waals surface area contributed by atoms with Gasteiger partial charge in [0.25, 0.3) is 0 Å². The first-order valence-corrected chi connectivity index (χ1v) is 6.42. The van der Waals surface area contributed by atoms with E-state index in [2.05, 4.69) is 6.58 Å². The van der Waals surface area contributed by atoms with Crippen molar-refractivity contribution in [1.29, 1.82) is 0 Å². The van der Waals surface area contributed by atoms with Crippen LogP contribution < -0.4 is 20.1 Å². The van der Waals surface area contributed by atoms with Crippen molar-refractivity contribution in [3.63, 3.8) is 0 Å². The average molecular weight is 272 g/mol. The number of hydrogen-bond donors (Lipinski definition) is 0. The van der Waals surface area contributed by atoms with E-state index < -0.39 is 0 Å². The van der Waals surface area contributed by atoms with Gasteiger partial charge in [0.05, 0.1) is 5.03 Å². The van der Waals surface area contributed by atoms with Crippen molar-refractivity contribution in [2.75, 3.05) is 19.0 Å². The molecule has 2 nitrogen and oxygen atoms in total. The lowest BCUT2D eigenvalue weighted by atomic mass is 10.1. The van der Waals surface area contributed by atoms with Crippen LogP contribution >= 0.6 is 11.6 Å². The summed E-state index contributed by atoms with van der Waals surface area (Å²) in [6, 6.07) is 11.8. The monoisotopic (exact) mass is 271 g/mol. The van der Waals surface area contributed by atoms with E-state index in [9.17, 15) is 0 Å². The minimum atomic E-state index is 0.724. The predicted octanol–water partition coefficient (Wildman–Crippen LogP) is 2.66. The van der Waals surface area contributed by atoms with Crippen LogP contribution in [0.1, 0.15) is 5.56 Å². The number of halogens is 1. The van der Waals surface area contributed by atoms with Crippen molar-refractivity contribution < 1.29 is 4.74 Å². The van der Waals surface area contributed by atoms with Gasteiger partial charge in [-0.3, -0.25) is 0 Å². The van der Waals surface area contributed by atoms with Gasteiger partial charge in [0.15, 0.2) is 0 Å². The predicted molar refractivity (Wildman–Crippen MR) is 80.4 cm³/mol. The fourth-order valence-electron chi connectivity index (χ4n) is 2.15. The zero-order chi connectivity index (χ0) is 13.6. The highest BCUT2D eigenvalue weighted by molar-refractivity contribution is 6.49. The maximum atomic E-state index is 6.46. The summed E-state index contributed by atoms with van der Waals surface area (Å²) >= 11 is 6.46. The Morgan fingerprint density at radius 3 is 2.58 bits per heavy atom. The highest BCUT2D eigenvalue weighted by Gasteiger charge is 2.17. The van der Waals surface area contributed by atoms with E-state index in [4.69, 9.17) is 16.3 Å². The fourth-order valence-corrected chi connectivity index (χ4v) is 2.46. The second-order valence-electron chi connectivity index (χ2n) is 4.82. The third-order valence-corrected chi connectivity index (χ3v) is 3.63. The van der Waals surface area contributed by atoms with Gasteiger partial charge in [-0.2, -0.15) is 0 Å². The summed E-state index contributed by atoms with van der Waals surface area (Å²) in [6.45, 7) is 3.91. The van der Waals surface area contributed by atoms with E-state index in [1.54, 1.807) is 0 Å². The van der Waals surface area contributed by atoms with Crippen molar-refractivity contribution in [1.82, 2.24) is 0 Å². The van der Waals surface area contributed by atoms with Crippen LogP contribution in [0.4, 0.5) is 5.69 Å². The molecule has 0 fully saturated rings. The zero-order valence-electron chi connectivity index (χ0n) is 10.9. The molecular formula is C16H14ClNO. The molecule has 1 aliphatic heterocycles. The number of fused-ring (bicyclic) bond motifs is 2. The Labute approximate surface area is 117 Å². The molecule has 0 atom stereocenters. The minimum Gasteiger partial charge on any atom is -0.456 e. The molecule has 0 aromatic heterocycles. The normalized spacial score (nSPS) is 12.5. The Bertz CT molecular complexity index is 765. The van der Waals surface area contributed by atoms with Crippen LogP contribution in [0.2, 0.25) is 0 Å². The van der Waals surface area contributed by atoms with Crippen LogP contribution in [0.3, 0.4) is 0 Å². The molecule has 19 heavy (non-hydrogen) atoms. The van der Waals surface area contributed by atoms with Crippen molar-refractivity contribution in [2.24, 2.45) is 0 Å². The number of ether oxygens (including phenoxy) is 1. The molecule has 0 N–H and O–H groups in total. The molecule has 2 aromatic carbocycles. The van der Waals surface area contributed by atoms with E-state index in [0.29, 0.717) is 0 Å². The van der Waals surface area contributed by atoms with Gasteiger partial charge in [0, 0.05) is 36.6 Å². The van der Waals surface area contributed by atoms with E-state index in [-0.39, 0.29) is 0 Å². The van der Waals surface area contributed by atoms with Crippen molar-refractivity contribution in [2.45, 2.75) is 0 Å². The third-order valence-electron chi connectivity index (χ3n) is 3.22. The van der Waals surface area contributed by atoms with Crippen LogP contribution in [0.25, 0.3) is 11.6 Å². The van der Waals surface area contributed by atoms with E-state index in [1.165, 1.54) is 0 Å². The molecule has 0 amide bonds. The van der Waals surface area contributed by atoms with Crippen LogP contribution in [0.15, 0.2) is 36.4 Å². The summed E-state index contributed by atoms with van der Waals surface area (Å²) in [5, 5.41) is 2.55. The lowest BCUT2D eigenvalue weighted by Gasteiger charge is -2.20. The van der Waals surface area contributed by atoms with Crippen LogP contribution in [-0.2, 0) is 0 Å². The topological polar surface area (TPSA) is 12.5 Å². The smallest absolute Gasteiger partial charge is 0.138 e. The molecule has 1 heterocycles. The summed E-state index contributed by atoms with van der Waals surface area (Å²) < 4.78 is 5.95. The Kier molecular flexibility index (Phi) is 2.76. The standard InChI is InChI=1S/C16H14ClNO/c1-10-4-6-12-14(8-10)19-15-9-11(18(2)3)5-7-13(15)16(12)17/h4-9H,1H2,2-3H3. The maximum Gasteiger partial charge on any atom is 0.138 e. The van der Waals surface area contributed by atoms with Gasteiger partial charge in [-0.05, 0) is 29.5 Å². The second kappa shape index (κ2) is 4.32. The number of benzene rings is 2. The van der Waals surface area contributed by atoms with Crippen molar-refractivity contribution in [3.8, 4) is 11.5 Å². The van der Waals surface area contributed by atoms with Crippen LogP contribution in [0, 0.1) is 0 Å². The van der Waals surface area contributed by atoms with Crippen molar-refractivity contribution in [3.05, 3.63) is 52.4 Å². The van der Waals surface area contributed by atoms with E-state index >= 15 is 0 Å². The first-order chi connectivity index (χ1) is 9.06. The van der Waals surface area contributed by atoms with Gasteiger partial charge in [0.1, 0.15) is 11.5 Å². The first-order valence-electron chi connectivity index (χ1n) is 6.04. The number of anilines is 1. The summed E-state index contributed by atoms with van der Waals surface area (Å²) in [5.74, 6) is 1.55. The Morgan fingerprint density at radius 2 is 1.84 bits per heavy atom. The third kappa shape index (κ3) is 1.98. The summed E-state index contributed by atoms with van der Waals surface area (Å²) in [7, 11) is 4.00. The van der Waals surface area contributed by atoms with Gasteiger partial charge in [-0.1, -0.05) is 24.2 Å². The van der Waals surface area contributed by atoms with Crippen LogP contribution in [0.5, 0.6) is 11.5 Å². The molecule has 0 unspecified atom stereocenters.